The predicted molar refractivity (Wildman–Crippen MR) is 77.7 cm³/mol. The van der Waals surface area contributed by atoms with Gasteiger partial charge in [-0.3, -0.25) is 14.5 Å². The van der Waals surface area contributed by atoms with Crippen LogP contribution in [-0.2, 0) is 6.54 Å². The number of carbonyl (C=O) groups is 2. The summed E-state index contributed by atoms with van der Waals surface area (Å²) in [5, 5.41) is 2.23. The zero-order chi connectivity index (χ0) is 13.6. The molecule has 96 valence electrons. The van der Waals surface area contributed by atoms with Gasteiger partial charge in [0.05, 0.1) is 22.7 Å². The number of benzene rings is 1. The standard InChI is InChI=1S/C13H7BrClNO2S/c14-8-4-5-19-10(8)6-16-12(17)7-2-1-3-9(15)11(7)13(16)18/h1-5H,6H2. The fraction of sp³-hybridized carbons (Fsp3) is 0.0769. The second kappa shape index (κ2) is 4.74. The minimum atomic E-state index is -0.328. The number of hydrogen-bond acceptors (Lipinski definition) is 3. The van der Waals surface area contributed by atoms with Gasteiger partial charge in [-0.05, 0) is 39.5 Å². The van der Waals surface area contributed by atoms with E-state index in [1.165, 1.54) is 16.2 Å². The third-order valence-electron chi connectivity index (χ3n) is 2.94. The SMILES string of the molecule is O=C1c2cccc(Cl)c2C(=O)N1Cc1sccc1Br. The second-order valence-electron chi connectivity index (χ2n) is 4.05. The molecule has 1 aromatic heterocycles. The molecular weight excluding hydrogens is 350 g/mol. The lowest BCUT2D eigenvalue weighted by atomic mass is 10.1. The van der Waals surface area contributed by atoms with Crippen LogP contribution in [0.4, 0.5) is 0 Å². The van der Waals surface area contributed by atoms with Crippen molar-refractivity contribution in [2.45, 2.75) is 6.54 Å². The molecule has 0 N–H and O–H groups in total. The molecular formula is C13H7BrClNO2S. The topological polar surface area (TPSA) is 37.4 Å². The van der Waals surface area contributed by atoms with Crippen molar-refractivity contribution in [2.75, 3.05) is 0 Å². The van der Waals surface area contributed by atoms with Crippen molar-refractivity contribution < 1.29 is 9.59 Å². The molecule has 0 fully saturated rings. The number of rotatable bonds is 2. The van der Waals surface area contributed by atoms with Crippen LogP contribution in [0.3, 0.4) is 0 Å². The van der Waals surface area contributed by atoms with Crippen LogP contribution in [0.5, 0.6) is 0 Å². The molecule has 2 heterocycles. The van der Waals surface area contributed by atoms with Crippen molar-refractivity contribution >= 4 is 50.7 Å². The Morgan fingerprint density at radius 1 is 1.21 bits per heavy atom. The fourth-order valence-electron chi connectivity index (χ4n) is 2.02. The Morgan fingerprint density at radius 2 is 2.00 bits per heavy atom. The summed E-state index contributed by atoms with van der Waals surface area (Å²) >= 11 is 10.9. The predicted octanol–water partition coefficient (Wildman–Crippen LogP) is 3.96. The zero-order valence-electron chi connectivity index (χ0n) is 9.52. The van der Waals surface area contributed by atoms with Crippen molar-refractivity contribution in [3.8, 4) is 0 Å². The molecule has 0 saturated carbocycles. The largest absolute Gasteiger partial charge is 0.269 e. The van der Waals surface area contributed by atoms with E-state index in [9.17, 15) is 9.59 Å². The van der Waals surface area contributed by atoms with Gasteiger partial charge in [-0.25, -0.2) is 0 Å². The van der Waals surface area contributed by atoms with E-state index < -0.39 is 0 Å². The van der Waals surface area contributed by atoms with Gasteiger partial charge >= 0.3 is 0 Å². The molecule has 3 nitrogen and oxygen atoms in total. The van der Waals surface area contributed by atoms with Gasteiger partial charge < -0.3 is 0 Å². The number of halogens is 2. The number of amides is 2. The second-order valence-corrected chi connectivity index (χ2v) is 6.31. The first-order valence-corrected chi connectivity index (χ1v) is 7.51. The molecule has 0 radical (unpaired) electrons. The number of fused-ring (bicyclic) bond motifs is 1. The molecule has 3 rings (SSSR count). The lowest BCUT2D eigenvalue weighted by Gasteiger charge is -2.12. The van der Waals surface area contributed by atoms with Crippen LogP contribution < -0.4 is 0 Å². The summed E-state index contributed by atoms with van der Waals surface area (Å²) in [6, 6.07) is 6.82. The van der Waals surface area contributed by atoms with Crippen LogP contribution >= 0.6 is 38.9 Å². The molecule has 0 aliphatic carbocycles. The molecule has 0 bridgehead atoms. The molecule has 1 aromatic carbocycles. The highest BCUT2D eigenvalue weighted by atomic mass is 79.9. The minimum absolute atomic E-state index is 0.265. The van der Waals surface area contributed by atoms with Gasteiger partial charge in [0.25, 0.3) is 11.8 Å². The monoisotopic (exact) mass is 355 g/mol. The molecule has 19 heavy (non-hydrogen) atoms. The highest BCUT2D eigenvalue weighted by Crippen LogP contribution is 2.32. The van der Waals surface area contributed by atoms with E-state index in [2.05, 4.69) is 15.9 Å². The number of thiophene rings is 1. The summed E-state index contributed by atoms with van der Waals surface area (Å²) in [6.45, 7) is 0.265. The van der Waals surface area contributed by atoms with Gasteiger partial charge in [0, 0.05) is 9.35 Å². The summed E-state index contributed by atoms with van der Waals surface area (Å²) < 4.78 is 0.903. The number of carbonyl (C=O) groups excluding carboxylic acids is 2. The molecule has 1 aliphatic heterocycles. The van der Waals surface area contributed by atoms with E-state index in [1.54, 1.807) is 18.2 Å². The van der Waals surface area contributed by atoms with Crippen molar-refractivity contribution in [3.63, 3.8) is 0 Å². The Kier molecular flexibility index (Phi) is 3.20. The highest BCUT2D eigenvalue weighted by molar-refractivity contribution is 9.10. The van der Waals surface area contributed by atoms with Gasteiger partial charge in [-0.15, -0.1) is 11.3 Å². The van der Waals surface area contributed by atoms with Crippen LogP contribution in [0.1, 0.15) is 25.6 Å². The Bertz CT molecular complexity index is 698. The van der Waals surface area contributed by atoms with Crippen molar-refractivity contribution in [1.29, 1.82) is 0 Å². The summed E-state index contributed by atoms with van der Waals surface area (Å²) in [7, 11) is 0. The first kappa shape index (κ1) is 12.8. The molecule has 2 amide bonds. The van der Waals surface area contributed by atoms with Crippen LogP contribution in [0.15, 0.2) is 34.1 Å². The quantitative estimate of drug-likeness (QED) is 0.764. The first-order chi connectivity index (χ1) is 9.09. The van der Waals surface area contributed by atoms with E-state index in [4.69, 9.17) is 11.6 Å². The minimum Gasteiger partial charge on any atom is -0.269 e. The number of hydrogen-bond donors (Lipinski definition) is 0. The average Bonchev–Trinajstić information content (AvgIpc) is 2.88. The third-order valence-corrected chi connectivity index (χ3v) is 5.17. The van der Waals surface area contributed by atoms with Crippen molar-refractivity contribution in [3.05, 3.63) is 55.1 Å². The van der Waals surface area contributed by atoms with Gasteiger partial charge in [0.15, 0.2) is 0 Å². The molecule has 0 spiro atoms. The summed E-state index contributed by atoms with van der Waals surface area (Å²) in [5.74, 6) is -0.617. The Morgan fingerprint density at radius 3 is 2.63 bits per heavy atom. The van der Waals surface area contributed by atoms with Crippen LogP contribution in [0, 0.1) is 0 Å². The smallest absolute Gasteiger partial charge is 0.263 e. The van der Waals surface area contributed by atoms with Crippen molar-refractivity contribution in [1.82, 2.24) is 4.90 Å². The molecule has 0 unspecified atom stereocenters. The molecule has 6 heteroatoms. The van der Waals surface area contributed by atoms with E-state index in [1.807, 2.05) is 11.4 Å². The van der Waals surface area contributed by atoms with E-state index in [0.717, 1.165) is 9.35 Å². The lowest BCUT2D eigenvalue weighted by Crippen LogP contribution is -2.28. The normalized spacial score (nSPS) is 14.1. The summed E-state index contributed by atoms with van der Waals surface area (Å²) in [5.41, 5.74) is 0.687. The Balaban J connectivity index is 1.99. The molecule has 1 aliphatic rings. The van der Waals surface area contributed by atoms with E-state index in [0.29, 0.717) is 16.1 Å². The molecule has 0 saturated heterocycles. The van der Waals surface area contributed by atoms with Crippen molar-refractivity contribution in [2.24, 2.45) is 0 Å². The fourth-order valence-corrected chi connectivity index (χ4v) is 3.74. The summed E-state index contributed by atoms with van der Waals surface area (Å²) in [4.78, 5) is 26.7. The highest BCUT2D eigenvalue weighted by Gasteiger charge is 2.37. The molecule has 0 atom stereocenters. The summed E-state index contributed by atoms with van der Waals surface area (Å²) in [6.07, 6.45) is 0. The van der Waals surface area contributed by atoms with Crippen LogP contribution in [-0.4, -0.2) is 16.7 Å². The van der Waals surface area contributed by atoms with E-state index in [-0.39, 0.29) is 18.4 Å². The zero-order valence-corrected chi connectivity index (χ0v) is 12.7. The lowest BCUT2D eigenvalue weighted by molar-refractivity contribution is 0.0644. The number of imide groups is 1. The maximum Gasteiger partial charge on any atom is 0.263 e. The maximum atomic E-state index is 12.3. The Hall–Kier alpha value is -1.17. The third kappa shape index (κ3) is 2.02. The van der Waals surface area contributed by atoms with Crippen LogP contribution in [0.2, 0.25) is 5.02 Å². The maximum absolute atomic E-state index is 12.3. The van der Waals surface area contributed by atoms with Gasteiger partial charge in [0.2, 0.25) is 0 Å². The van der Waals surface area contributed by atoms with Gasteiger partial charge in [-0.1, -0.05) is 17.7 Å². The van der Waals surface area contributed by atoms with Crippen LogP contribution in [0.25, 0.3) is 0 Å². The molecule has 2 aromatic rings. The van der Waals surface area contributed by atoms with Gasteiger partial charge in [0.1, 0.15) is 0 Å². The average molecular weight is 357 g/mol. The first-order valence-electron chi connectivity index (χ1n) is 5.46. The number of nitrogens with zero attached hydrogens (tertiary/aromatic N) is 1. The Labute approximate surface area is 126 Å². The van der Waals surface area contributed by atoms with Gasteiger partial charge in [-0.2, -0.15) is 0 Å². The van der Waals surface area contributed by atoms with E-state index >= 15 is 0 Å².